The molecule has 0 N–H and O–H groups in total. The van der Waals surface area contributed by atoms with Crippen LogP contribution in [0.4, 0.5) is 69.1 Å². The monoisotopic (exact) mass is 1060 g/mol. The molecule has 4 aliphatic heterocycles. The minimum absolute atomic E-state index is 0. The van der Waals surface area contributed by atoms with Gasteiger partial charge in [0.1, 0.15) is 0 Å². The summed E-state index contributed by atoms with van der Waals surface area (Å²) >= 11 is 0. The van der Waals surface area contributed by atoms with E-state index in [9.17, 15) is 69.1 Å². The molecule has 0 aromatic rings. The van der Waals surface area contributed by atoms with Gasteiger partial charge in [-0.3, -0.25) is 29.0 Å². The maximum atomic E-state index is 13.4. The van der Waals surface area contributed by atoms with Gasteiger partial charge in [0, 0.05) is 44.1 Å². The van der Waals surface area contributed by atoms with Crippen LogP contribution in [0, 0.1) is 36.0 Å². The molecule has 58 heavy (non-hydrogen) atoms. The van der Waals surface area contributed by atoms with Crippen LogP contribution < -0.4 is 0 Å². The van der Waals surface area contributed by atoms with Gasteiger partial charge in [0.25, 0.3) is 0 Å². The Bertz CT molecular complexity index is 1420. The number of allylic oxidation sites excluding steroid dienone is 4. The molecule has 0 saturated carbocycles. The molecule has 1 radical (unpaired) electrons. The van der Waals surface area contributed by atoms with E-state index in [1.165, 1.54) is 12.2 Å². The number of rotatable bonds is 3. The summed E-state index contributed by atoms with van der Waals surface area (Å²) in [6.07, 6.45) is -2.38. The van der Waals surface area contributed by atoms with E-state index in [4.69, 9.17) is 0 Å². The molecular weight excluding hydrogens is 1020 g/mol. The quantitative estimate of drug-likeness (QED) is 0.117. The molecule has 0 aromatic carbocycles. The summed E-state index contributed by atoms with van der Waals surface area (Å²) in [7, 11) is -10.7. The van der Waals surface area contributed by atoms with Crippen molar-refractivity contribution in [2.75, 3.05) is 26.2 Å². The molecule has 4 nitrogen and oxygen atoms in total. The van der Waals surface area contributed by atoms with Crippen LogP contribution in [-0.4, -0.2) is 62.7 Å². The first kappa shape index (κ1) is 52.2. The first-order valence-electron chi connectivity index (χ1n) is 18.1. The first-order chi connectivity index (χ1) is 26.0. The van der Waals surface area contributed by atoms with E-state index in [2.05, 4.69) is 46.6 Å². The van der Waals surface area contributed by atoms with E-state index in [1.54, 1.807) is 0 Å². The molecule has 6 aliphatic rings. The Hall–Kier alpha value is -1.94. The molecule has 22 heteroatoms. The SMILES string of the molecule is CC1CCC(C2=C=CC(F)=C[C-]2F)[N-]C1.CC1CCC(C2=C=CC(F)=C[C-]2F)[N-]C1.FC(F)(F)C1CC[N-]C(C2CC(C(F)(F)F)CC[N-]2)C1.F[P-](F)(F)(F)(F)F.[Ir]. The Labute approximate surface area is 340 Å². The second-order valence-corrected chi connectivity index (χ2v) is 16.6. The molecule has 339 valence electrons. The summed E-state index contributed by atoms with van der Waals surface area (Å²) in [6.45, 7) is 5.88. The van der Waals surface area contributed by atoms with Crippen LogP contribution in [0.5, 0.6) is 0 Å². The molecule has 2 aliphatic carbocycles. The average Bonchev–Trinajstić information content (AvgIpc) is 3.08. The largest absolute Gasteiger partial charge is 0 e. The minimum atomic E-state index is -10.7. The van der Waals surface area contributed by atoms with E-state index in [-0.39, 0.29) is 71.0 Å². The van der Waals surface area contributed by atoms with Crippen molar-refractivity contribution in [3.8, 4) is 0 Å². The van der Waals surface area contributed by atoms with Gasteiger partial charge in [-0.1, -0.05) is 77.0 Å². The molecular formula is C36H42F16IrN4P-7. The number of hydrogen-bond acceptors (Lipinski definition) is 0. The second kappa shape index (κ2) is 20.3. The van der Waals surface area contributed by atoms with E-state index < -0.39 is 68.1 Å². The third-order valence-electron chi connectivity index (χ3n) is 9.69. The van der Waals surface area contributed by atoms with Gasteiger partial charge < -0.3 is 21.3 Å². The molecule has 0 aromatic heterocycles. The number of halogens is 16. The van der Waals surface area contributed by atoms with Crippen molar-refractivity contribution >= 4 is 7.81 Å². The van der Waals surface area contributed by atoms with Crippen LogP contribution in [0.3, 0.4) is 0 Å². The first-order valence-corrected chi connectivity index (χ1v) is 20.1. The molecule has 8 atom stereocenters. The molecule has 4 heterocycles. The molecule has 6 rings (SSSR count). The zero-order chi connectivity index (χ0) is 43.0. The topological polar surface area (TPSA) is 56.4 Å². The van der Waals surface area contributed by atoms with E-state index in [0.717, 1.165) is 50.9 Å². The average molecular weight is 1060 g/mol. The standard InChI is InChI=1S/C12H16F6N2.2C12H13F2N.F6P.Ir/c13-11(14,15)7-1-3-19-9(5-7)10-6-8(2-4-20-10)12(16,17)18;2*1-8-2-5-12(15-7-8)10-4-3-9(13)6-11(10)14;1-7(2,3,4,5)6;/h7-10H,1-6H2;2*3,6,8,12H,2,5,7H2,1H3;;/q3*-2;-1;. The maximum Gasteiger partial charge on any atom is 0 e. The van der Waals surface area contributed by atoms with Crippen LogP contribution in [0.1, 0.15) is 65.2 Å². The molecule has 0 bridgehead atoms. The summed E-state index contributed by atoms with van der Waals surface area (Å²) < 4.78 is 188. The van der Waals surface area contributed by atoms with E-state index >= 15 is 0 Å². The summed E-state index contributed by atoms with van der Waals surface area (Å²) in [6, 6.07) is -1.72. The van der Waals surface area contributed by atoms with Crippen molar-refractivity contribution in [1.29, 1.82) is 0 Å². The Kier molecular flexibility index (Phi) is 18.3. The van der Waals surface area contributed by atoms with Gasteiger partial charge in [-0.25, -0.2) is 0 Å². The van der Waals surface area contributed by atoms with Crippen molar-refractivity contribution in [2.24, 2.45) is 23.7 Å². The Morgan fingerprint density at radius 1 is 0.586 bits per heavy atom. The molecule has 0 spiro atoms. The van der Waals surface area contributed by atoms with Crippen LogP contribution in [0.2, 0.25) is 0 Å². The number of hydrogen-bond donors (Lipinski definition) is 0. The van der Waals surface area contributed by atoms with Crippen LogP contribution in [-0.2, 0) is 20.1 Å². The molecule has 8 unspecified atom stereocenters. The summed E-state index contributed by atoms with van der Waals surface area (Å²) in [4.78, 5) is 0. The fourth-order valence-corrected chi connectivity index (χ4v) is 6.67. The normalized spacial score (nSPS) is 31.7. The van der Waals surface area contributed by atoms with Crippen LogP contribution >= 0.6 is 7.81 Å². The van der Waals surface area contributed by atoms with Crippen molar-refractivity contribution < 1.29 is 89.2 Å². The number of alkyl halides is 6. The number of nitrogens with zero attached hydrogens (tertiary/aromatic N) is 4. The van der Waals surface area contributed by atoms with E-state index in [1.807, 2.05) is 0 Å². The fourth-order valence-electron chi connectivity index (χ4n) is 6.67. The zero-order valence-corrected chi connectivity index (χ0v) is 34.3. The predicted octanol–water partition coefficient (Wildman–Crippen LogP) is 15.0. The van der Waals surface area contributed by atoms with Gasteiger partial charge in [0.05, 0.1) is 11.8 Å². The van der Waals surface area contributed by atoms with Crippen molar-refractivity contribution in [2.45, 2.75) is 102 Å². The zero-order valence-electron chi connectivity index (χ0n) is 31.0. The number of piperidine rings is 4. The summed E-state index contributed by atoms with van der Waals surface area (Å²) in [5.41, 5.74) is 6.10. The third-order valence-corrected chi connectivity index (χ3v) is 9.69. The van der Waals surface area contributed by atoms with Gasteiger partial charge in [-0.15, -0.1) is 73.7 Å². The second-order valence-electron chi connectivity index (χ2n) is 14.7. The Morgan fingerprint density at radius 3 is 1.17 bits per heavy atom. The summed E-state index contributed by atoms with van der Waals surface area (Å²) in [5, 5.41) is 16.9. The van der Waals surface area contributed by atoms with Crippen LogP contribution in [0.15, 0.2) is 58.6 Å². The fraction of sp³-hybridized carbons (Fsp3) is 0.667. The molecule has 4 fully saturated rings. The maximum absolute atomic E-state index is 13.4. The van der Waals surface area contributed by atoms with Gasteiger partial charge in [-0.2, -0.15) is 38.4 Å². The van der Waals surface area contributed by atoms with Gasteiger partial charge in [-0.05, 0) is 0 Å². The Balaban J connectivity index is 0.000000278. The van der Waals surface area contributed by atoms with Crippen molar-refractivity contribution in [3.05, 3.63) is 92.2 Å². The van der Waals surface area contributed by atoms with Crippen LogP contribution in [0.25, 0.3) is 21.3 Å². The minimum Gasteiger partial charge on any atom is 0 e. The van der Waals surface area contributed by atoms with Gasteiger partial charge in [0.2, 0.25) is 0 Å². The molecule has 4 saturated heterocycles. The third kappa shape index (κ3) is 19.6. The van der Waals surface area contributed by atoms with Crippen molar-refractivity contribution in [1.82, 2.24) is 0 Å². The molecule has 0 amide bonds. The van der Waals surface area contributed by atoms with Gasteiger partial charge in [0.15, 0.2) is 0 Å². The van der Waals surface area contributed by atoms with E-state index in [0.29, 0.717) is 23.0 Å². The predicted molar refractivity (Wildman–Crippen MR) is 186 cm³/mol. The Morgan fingerprint density at radius 2 is 0.914 bits per heavy atom. The van der Waals surface area contributed by atoms with Gasteiger partial charge >= 0.3 is 45.3 Å². The van der Waals surface area contributed by atoms with Crippen molar-refractivity contribution in [3.63, 3.8) is 0 Å². The smallest absolute Gasteiger partial charge is 0 e. The summed E-state index contributed by atoms with van der Waals surface area (Å²) in [5.74, 6) is -2.95.